The third-order valence-corrected chi connectivity index (χ3v) is 3.21. The van der Waals surface area contributed by atoms with E-state index in [1.54, 1.807) is 6.20 Å². The first-order valence-electron chi connectivity index (χ1n) is 6.48. The average Bonchev–Trinajstić information content (AvgIpc) is 2.43. The fourth-order valence-corrected chi connectivity index (χ4v) is 2.29. The molecule has 0 aliphatic heterocycles. The van der Waals surface area contributed by atoms with Crippen LogP contribution in [0, 0.1) is 0 Å². The van der Waals surface area contributed by atoms with Crippen LogP contribution in [0.3, 0.4) is 0 Å². The maximum Gasteiger partial charge on any atom is 0.0765 e. The minimum Gasteiger partial charge on any atom is -0.377 e. The molecule has 1 aromatic heterocycles. The first-order valence-corrected chi connectivity index (χ1v) is 6.48. The molecule has 0 radical (unpaired) electrons. The van der Waals surface area contributed by atoms with Gasteiger partial charge in [0.25, 0.3) is 0 Å². The van der Waals surface area contributed by atoms with Gasteiger partial charge < -0.3 is 10.5 Å². The van der Waals surface area contributed by atoms with Gasteiger partial charge in [0.15, 0.2) is 0 Å². The summed E-state index contributed by atoms with van der Waals surface area (Å²) in [6.45, 7) is 4.78. The quantitative estimate of drug-likeness (QED) is 0.879. The number of aromatic nitrogens is 1. The molecule has 2 atom stereocenters. The molecule has 0 amide bonds. The second kappa shape index (κ2) is 5.94. The van der Waals surface area contributed by atoms with Crippen molar-refractivity contribution in [3.8, 4) is 0 Å². The van der Waals surface area contributed by atoms with Gasteiger partial charge in [-0.25, -0.2) is 0 Å². The van der Waals surface area contributed by atoms with E-state index in [0.717, 1.165) is 22.9 Å². The van der Waals surface area contributed by atoms with Gasteiger partial charge >= 0.3 is 0 Å². The maximum atomic E-state index is 6.34. The lowest BCUT2D eigenvalue weighted by atomic mass is 9.97. The van der Waals surface area contributed by atoms with E-state index in [1.807, 2.05) is 25.1 Å². The smallest absolute Gasteiger partial charge is 0.0765 e. The second-order valence-electron chi connectivity index (χ2n) is 4.35. The predicted molar refractivity (Wildman–Crippen MR) is 74.4 cm³/mol. The predicted octanol–water partition coefficient (Wildman–Crippen LogP) is 3.05. The molecule has 18 heavy (non-hydrogen) atoms. The van der Waals surface area contributed by atoms with E-state index in [4.69, 9.17) is 10.5 Å². The Morgan fingerprint density at radius 2 is 2.00 bits per heavy atom. The van der Waals surface area contributed by atoms with E-state index in [2.05, 4.69) is 24.0 Å². The number of hydrogen-bond donors (Lipinski definition) is 1. The molecule has 2 N–H and O–H groups in total. The van der Waals surface area contributed by atoms with Crippen LogP contribution in [-0.4, -0.2) is 17.7 Å². The minimum atomic E-state index is -0.131. The molecule has 0 aliphatic carbocycles. The van der Waals surface area contributed by atoms with E-state index in [0.29, 0.717) is 6.61 Å². The Balaban J connectivity index is 2.40. The van der Waals surface area contributed by atoms with Crippen LogP contribution in [0.15, 0.2) is 36.5 Å². The summed E-state index contributed by atoms with van der Waals surface area (Å²) in [4.78, 5) is 4.44. The monoisotopic (exact) mass is 244 g/mol. The van der Waals surface area contributed by atoms with Gasteiger partial charge in [0.05, 0.1) is 17.7 Å². The number of fused-ring (bicyclic) bond motifs is 1. The highest BCUT2D eigenvalue weighted by Gasteiger charge is 2.20. The van der Waals surface area contributed by atoms with Crippen LogP contribution in [-0.2, 0) is 4.74 Å². The van der Waals surface area contributed by atoms with Gasteiger partial charge in [-0.15, -0.1) is 0 Å². The van der Waals surface area contributed by atoms with Crippen LogP contribution < -0.4 is 5.73 Å². The van der Waals surface area contributed by atoms with Gasteiger partial charge in [0.1, 0.15) is 0 Å². The van der Waals surface area contributed by atoms with Crippen molar-refractivity contribution in [1.82, 2.24) is 4.98 Å². The molecule has 0 aliphatic rings. The molecule has 1 aromatic carbocycles. The third-order valence-electron chi connectivity index (χ3n) is 3.21. The van der Waals surface area contributed by atoms with E-state index in [-0.39, 0.29) is 12.1 Å². The van der Waals surface area contributed by atoms with Crippen LogP contribution in [0.4, 0.5) is 0 Å². The normalized spacial score (nSPS) is 14.6. The van der Waals surface area contributed by atoms with Crippen molar-refractivity contribution in [1.29, 1.82) is 0 Å². The molecule has 2 rings (SSSR count). The first kappa shape index (κ1) is 13.0. The zero-order valence-corrected chi connectivity index (χ0v) is 11.0. The molecule has 1 heterocycles. The zero-order chi connectivity index (χ0) is 13.0. The molecule has 0 saturated heterocycles. The van der Waals surface area contributed by atoms with Gasteiger partial charge in [-0.05, 0) is 25.0 Å². The van der Waals surface area contributed by atoms with Gasteiger partial charge in [-0.3, -0.25) is 4.98 Å². The SMILES string of the molecule is CCOC(CC)C(N)c1cccc2cccnc12. The number of rotatable bonds is 5. The Hall–Kier alpha value is -1.45. The van der Waals surface area contributed by atoms with E-state index < -0.39 is 0 Å². The summed E-state index contributed by atoms with van der Waals surface area (Å²) in [7, 11) is 0. The van der Waals surface area contributed by atoms with E-state index >= 15 is 0 Å². The Bertz CT molecular complexity index is 507. The van der Waals surface area contributed by atoms with Crippen LogP contribution in [0.2, 0.25) is 0 Å². The number of ether oxygens (including phenoxy) is 1. The molecule has 0 saturated carbocycles. The van der Waals surface area contributed by atoms with Crippen LogP contribution in [0.25, 0.3) is 10.9 Å². The summed E-state index contributed by atoms with van der Waals surface area (Å²) < 4.78 is 5.70. The van der Waals surface area contributed by atoms with Gasteiger partial charge in [-0.2, -0.15) is 0 Å². The van der Waals surface area contributed by atoms with Gasteiger partial charge in [-0.1, -0.05) is 31.2 Å². The molecule has 2 unspecified atom stereocenters. The van der Waals surface area contributed by atoms with Crippen molar-refractivity contribution in [3.05, 3.63) is 42.1 Å². The zero-order valence-electron chi connectivity index (χ0n) is 11.0. The summed E-state index contributed by atoms with van der Waals surface area (Å²) in [6.07, 6.45) is 2.75. The van der Waals surface area contributed by atoms with E-state index in [1.165, 1.54) is 0 Å². The summed E-state index contributed by atoms with van der Waals surface area (Å²) in [5.74, 6) is 0. The van der Waals surface area contributed by atoms with Crippen molar-refractivity contribution >= 4 is 10.9 Å². The Labute approximate surface area is 108 Å². The molecule has 3 heteroatoms. The molecule has 3 nitrogen and oxygen atoms in total. The fraction of sp³-hybridized carbons (Fsp3) is 0.400. The summed E-state index contributed by atoms with van der Waals surface area (Å²) in [6, 6.07) is 9.99. The van der Waals surface area contributed by atoms with Gasteiger partial charge in [0, 0.05) is 18.2 Å². The standard InChI is InChI=1S/C15H20N2O/c1-3-13(18-4-2)14(16)12-9-5-7-11-8-6-10-17-15(11)12/h5-10,13-14H,3-4,16H2,1-2H3. The van der Waals surface area contributed by atoms with E-state index in [9.17, 15) is 0 Å². The first-order chi connectivity index (χ1) is 8.77. The molecule has 2 aromatic rings. The van der Waals surface area contributed by atoms with Crippen molar-refractivity contribution in [2.45, 2.75) is 32.4 Å². The average molecular weight is 244 g/mol. The number of benzene rings is 1. The van der Waals surface area contributed by atoms with Crippen molar-refractivity contribution in [3.63, 3.8) is 0 Å². The highest BCUT2D eigenvalue weighted by Crippen LogP contribution is 2.25. The number of pyridine rings is 1. The lowest BCUT2D eigenvalue weighted by Crippen LogP contribution is -2.28. The summed E-state index contributed by atoms with van der Waals surface area (Å²) in [5.41, 5.74) is 8.38. The van der Waals surface area contributed by atoms with Crippen LogP contribution >= 0.6 is 0 Å². The number of nitrogens with two attached hydrogens (primary N) is 1. The molecule has 0 fully saturated rings. The number of hydrogen-bond acceptors (Lipinski definition) is 3. The largest absolute Gasteiger partial charge is 0.377 e. The van der Waals surface area contributed by atoms with Crippen molar-refractivity contribution in [2.24, 2.45) is 5.73 Å². The highest BCUT2D eigenvalue weighted by molar-refractivity contribution is 5.82. The van der Waals surface area contributed by atoms with Crippen molar-refractivity contribution < 1.29 is 4.74 Å². The lowest BCUT2D eigenvalue weighted by molar-refractivity contribution is 0.0416. The Kier molecular flexibility index (Phi) is 4.28. The fourth-order valence-electron chi connectivity index (χ4n) is 2.29. The third kappa shape index (κ3) is 2.52. The highest BCUT2D eigenvalue weighted by atomic mass is 16.5. The molecule has 0 spiro atoms. The number of nitrogens with zero attached hydrogens (tertiary/aromatic N) is 1. The van der Waals surface area contributed by atoms with Crippen LogP contribution in [0.1, 0.15) is 31.9 Å². The van der Waals surface area contributed by atoms with Crippen LogP contribution in [0.5, 0.6) is 0 Å². The van der Waals surface area contributed by atoms with Gasteiger partial charge in [0.2, 0.25) is 0 Å². The molecule has 96 valence electrons. The lowest BCUT2D eigenvalue weighted by Gasteiger charge is -2.23. The Morgan fingerprint density at radius 3 is 2.72 bits per heavy atom. The minimum absolute atomic E-state index is 0.0441. The molecule has 0 bridgehead atoms. The molecular weight excluding hydrogens is 224 g/mol. The summed E-state index contributed by atoms with van der Waals surface area (Å²) in [5, 5.41) is 1.12. The molecular formula is C15H20N2O. The van der Waals surface area contributed by atoms with Crippen molar-refractivity contribution in [2.75, 3.05) is 6.61 Å². The topological polar surface area (TPSA) is 48.1 Å². The summed E-state index contributed by atoms with van der Waals surface area (Å²) >= 11 is 0. The second-order valence-corrected chi connectivity index (χ2v) is 4.35. The number of para-hydroxylation sites is 1. The Morgan fingerprint density at radius 1 is 1.22 bits per heavy atom. The maximum absolute atomic E-state index is 6.34.